The molecule has 0 amide bonds. The maximum absolute atomic E-state index is 5.87. The standard InChI is InChI=1S/C27H31NO2/c1-4-27(5-2,22-17-19-24(20-18-22)29-6-3)21-11-13-23-12-10-16-26(28-23)30-25-14-8-7-9-15-25/h4,7-10,12,14-20H,1,5-6,11,13,21H2,2-3H3. The van der Waals surface area contributed by atoms with Crippen molar-refractivity contribution < 1.29 is 9.47 Å². The highest BCUT2D eigenvalue weighted by Gasteiger charge is 2.26. The van der Waals surface area contributed by atoms with E-state index in [0.29, 0.717) is 12.5 Å². The highest BCUT2D eigenvalue weighted by Crippen LogP contribution is 2.35. The molecule has 2 aromatic carbocycles. The number of aromatic nitrogens is 1. The SMILES string of the molecule is C=CC(CC)(CCCc1cccc(Oc2ccccc2)n1)c1ccc(OCC)cc1. The van der Waals surface area contributed by atoms with E-state index < -0.39 is 0 Å². The van der Waals surface area contributed by atoms with Crippen LogP contribution in [0.1, 0.15) is 44.4 Å². The van der Waals surface area contributed by atoms with Crippen molar-refractivity contribution in [2.45, 2.75) is 44.9 Å². The number of rotatable bonds is 11. The summed E-state index contributed by atoms with van der Waals surface area (Å²) < 4.78 is 11.5. The van der Waals surface area contributed by atoms with Crippen molar-refractivity contribution in [2.75, 3.05) is 6.61 Å². The van der Waals surface area contributed by atoms with Crippen LogP contribution < -0.4 is 9.47 Å². The van der Waals surface area contributed by atoms with Crippen LogP contribution in [0.5, 0.6) is 17.4 Å². The lowest BCUT2D eigenvalue weighted by Gasteiger charge is -2.30. The van der Waals surface area contributed by atoms with Crippen molar-refractivity contribution >= 4 is 0 Å². The predicted octanol–water partition coefficient (Wildman–Crippen LogP) is 7.13. The zero-order valence-electron chi connectivity index (χ0n) is 18.0. The first-order chi connectivity index (χ1) is 14.7. The second-order valence-corrected chi connectivity index (χ2v) is 7.41. The van der Waals surface area contributed by atoms with E-state index in [-0.39, 0.29) is 5.41 Å². The van der Waals surface area contributed by atoms with Gasteiger partial charge < -0.3 is 9.47 Å². The Bertz CT molecular complexity index is 921. The molecule has 0 spiro atoms. The fourth-order valence-corrected chi connectivity index (χ4v) is 3.79. The number of aryl methyl sites for hydroxylation is 1. The molecule has 156 valence electrons. The van der Waals surface area contributed by atoms with Gasteiger partial charge in [-0.2, -0.15) is 0 Å². The molecule has 0 N–H and O–H groups in total. The molecule has 0 bridgehead atoms. The number of hydrogen-bond donors (Lipinski definition) is 0. The summed E-state index contributed by atoms with van der Waals surface area (Å²) in [4.78, 5) is 4.68. The van der Waals surface area contributed by atoms with Crippen LogP contribution >= 0.6 is 0 Å². The first kappa shape index (κ1) is 21.6. The maximum Gasteiger partial charge on any atom is 0.219 e. The quantitative estimate of drug-likeness (QED) is 0.320. The minimum absolute atomic E-state index is 0.0388. The van der Waals surface area contributed by atoms with Crippen molar-refractivity contribution in [3.63, 3.8) is 0 Å². The van der Waals surface area contributed by atoms with E-state index in [2.05, 4.69) is 54.9 Å². The van der Waals surface area contributed by atoms with Crippen LogP contribution in [0.3, 0.4) is 0 Å². The maximum atomic E-state index is 5.87. The number of pyridine rings is 1. The van der Waals surface area contributed by atoms with Crippen LogP contribution in [0, 0.1) is 0 Å². The monoisotopic (exact) mass is 401 g/mol. The molecule has 3 aromatic rings. The fraction of sp³-hybridized carbons (Fsp3) is 0.296. The summed E-state index contributed by atoms with van der Waals surface area (Å²) in [6, 6.07) is 24.2. The minimum Gasteiger partial charge on any atom is -0.494 e. The van der Waals surface area contributed by atoms with Crippen molar-refractivity contribution in [2.24, 2.45) is 0 Å². The van der Waals surface area contributed by atoms with Crippen molar-refractivity contribution in [3.8, 4) is 17.4 Å². The molecule has 0 radical (unpaired) electrons. The van der Waals surface area contributed by atoms with Gasteiger partial charge in [0.1, 0.15) is 11.5 Å². The Kier molecular flexibility index (Phi) is 7.67. The van der Waals surface area contributed by atoms with Crippen LogP contribution in [0.2, 0.25) is 0 Å². The molecule has 3 nitrogen and oxygen atoms in total. The Hall–Kier alpha value is -3.07. The molecular weight excluding hydrogens is 370 g/mol. The largest absolute Gasteiger partial charge is 0.494 e. The molecule has 1 unspecified atom stereocenters. The number of hydrogen-bond acceptors (Lipinski definition) is 3. The highest BCUT2D eigenvalue weighted by molar-refractivity contribution is 5.35. The van der Waals surface area contributed by atoms with E-state index in [1.807, 2.05) is 49.4 Å². The zero-order chi connectivity index (χ0) is 21.2. The topological polar surface area (TPSA) is 31.4 Å². The van der Waals surface area contributed by atoms with Crippen LogP contribution in [0.15, 0.2) is 85.5 Å². The van der Waals surface area contributed by atoms with E-state index in [1.165, 1.54) is 5.56 Å². The second kappa shape index (κ2) is 10.6. The summed E-state index contributed by atoms with van der Waals surface area (Å²) >= 11 is 0. The van der Waals surface area contributed by atoms with Gasteiger partial charge in [0.15, 0.2) is 0 Å². The second-order valence-electron chi connectivity index (χ2n) is 7.41. The number of ether oxygens (including phenoxy) is 2. The van der Waals surface area contributed by atoms with Crippen molar-refractivity contribution in [1.82, 2.24) is 4.98 Å². The lowest BCUT2D eigenvalue weighted by molar-refractivity contribution is 0.339. The molecule has 0 aliphatic heterocycles. The van der Waals surface area contributed by atoms with E-state index in [1.54, 1.807) is 0 Å². The molecule has 0 fully saturated rings. The number of para-hydroxylation sites is 1. The predicted molar refractivity (Wildman–Crippen MR) is 123 cm³/mol. The molecule has 30 heavy (non-hydrogen) atoms. The van der Waals surface area contributed by atoms with Gasteiger partial charge in [-0.05, 0) is 68.5 Å². The van der Waals surface area contributed by atoms with E-state index in [0.717, 1.165) is 42.9 Å². The van der Waals surface area contributed by atoms with E-state index >= 15 is 0 Å². The van der Waals surface area contributed by atoms with Gasteiger partial charge in [0.25, 0.3) is 0 Å². The Morgan fingerprint density at radius 2 is 1.67 bits per heavy atom. The molecule has 0 saturated heterocycles. The summed E-state index contributed by atoms with van der Waals surface area (Å²) in [5, 5.41) is 0. The third-order valence-electron chi connectivity index (χ3n) is 5.56. The number of benzene rings is 2. The fourth-order valence-electron chi connectivity index (χ4n) is 3.79. The Morgan fingerprint density at radius 1 is 0.900 bits per heavy atom. The number of allylic oxidation sites excluding steroid dienone is 1. The van der Waals surface area contributed by atoms with Gasteiger partial charge in [-0.25, -0.2) is 4.98 Å². The van der Waals surface area contributed by atoms with Gasteiger partial charge in [0, 0.05) is 17.2 Å². The zero-order valence-corrected chi connectivity index (χ0v) is 18.0. The summed E-state index contributed by atoms with van der Waals surface area (Å²) in [5.41, 5.74) is 2.30. The van der Waals surface area contributed by atoms with Gasteiger partial charge in [0.2, 0.25) is 5.88 Å². The average Bonchev–Trinajstić information content (AvgIpc) is 2.79. The highest BCUT2D eigenvalue weighted by atomic mass is 16.5. The smallest absolute Gasteiger partial charge is 0.219 e. The van der Waals surface area contributed by atoms with Crippen molar-refractivity contribution in [1.29, 1.82) is 0 Å². The molecule has 1 heterocycles. The molecule has 0 aliphatic carbocycles. The van der Waals surface area contributed by atoms with Gasteiger partial charge in [-0.3, -0.25) is 0 Å². The van der Waals surface area contributed by atoms with Gasteiger partial charge in [-0.15, -0.1) is 6.58 Å². The first-order valence-corrected chi connectivity index (χ1v) is 10.7. The van der Waals surface area contributed by atoms with E-state index in [4.69, 9.17) is 9.47 Å². The van der Waals surface area contributed by atoms with E-state index in [9.17, 15) is 0 Å². The lowest BCUT2D eigenvalue weighted by atomic mass is 9.74. The Balaban J connectivity index is 1.64. The molecule has 3 heteroatoms. The molecular formula is C27H31NO2. The summed E-state index contributed by atoms with van der Waals surface area (Å²) in [7, 11) is 0. The van der Waals surface area contributed by atoms with Gasteiger partial charge in [0.05, 0.1) is 6.61 Å². The molecule has 0 saturated carbocycles. The average molecular weight is 402 g/mol. The Morgan fingerprint density at radius 3 is 2.33 bits per heavy atom. The Labute approximate surface area is 180 Å². The summed E-state index contributed by atoms with van der Waals surface area (Å²) in [6.07, 6.45) is 6.06. The molecule has 0 aliphatic rings. The molecule has 1 atom stereocenters. The molecule has 3 rings (SSSR count). The van der Waals surface area contributed by atoms with Crippen LogP contribution in [0.25, 0.3) is 0 Å². The minimum atomic E-state index is -0.0388. The molecule has 1 aromatic heterocycles. The third kappa shape index (κ3) is 5.50. The summed E-state index contributed by atoms with van der Waals surface area (Å²) in [6.45, 7) is 9.07. The van der Waals surface area contributed by atoms with Gasteiger partial charge >= 0.3 is 0 Å². The normalized spacial score (nSPS) is 12.7. The summed E-state index contributed by atoms with van der Waals surface area (Å²) in [5.74, 6) is 2.35. The van der Waals surface area contributed by atoms with Crippen molar-refractivity contribution in [3.05, 3.63) is 96.7 Å². The first-order valence-electron chi connectivity index (χ1n) is 10.7. The van der Waals surface area contributed by atoms with Crippen LogP contribution in [-0.2, 0) is 11.8 Å². The lowest BCUT2D eigenvalue weighted by Crippen LogP contribution is -2.22. The van der Waals surface area contributed by atoms with Crippen LogP contribution in [-0.4, -0.2) is 11.6 Å². The third-order valence-corrected chi connectivity index (χ3v) is 5.56. The van der Waals surface area contributed by atoms with Gasteiger partial charge in [-0.1, -0.05) is 49.4 Å². The van der Waals surface area contributed by atoms with Crippen LogP contribution in [0.4, 0.5) is 0 Å². The number of nitrogens with zero attached hydrogens (tertiary/aromatic N) is 1.